The van der Waals surface area contributed by atoms with Crippen LogP contribution in [0.2, 0.25) is 0 Å². The maximum absolute atomic E-state index is 12.8. The van der Waals surface area contributed by atoms with Gasteiger partial charge in [0.1, 0.15) is 0 Å². The maximum Gasteiger partial charge on any atom is 0.244 e. The Morgan fingerprint density at radius 3 is 2.62 bits per heavy atom. The van der Waals surface area contributed by atoms with Crippen LogP contribution < -0.4 is 0 Å². The summed E-state index contributed by atoms with van der Waals surface area (Å²) in [6, 6.07) is 1.91. The molecule has 1 atom stereocenters. The molecule has 6 heteroatoms. The van der Waals surface area contributed by atoms with Crippen molar-refractivity contribution in [2.24, 2.45) is 0 Å². The predicted molar refractivity (Wildman–Crippen MR) is 86.1 cm³/mol. The number of nitrogens with zero attached hydrogens (tertiary/aromatic N) is 2. The van der Waals surface area contributed by atoms with Crippen LogP contribution in [0.15, 0.2) is 21.7 Å². The van der Waals surface area contributed by atoms with Gasteiger partial charge in [0, 0.05) is 18.0 Å². The molecule has 118 valence electrons. The van der Waals surface area contributed by atoms with E-state index in [0.717, 1.165) is 32.2 Å². The minimum absolute atomic E-state index is 0.184. The van der Waals surface area contributed by atoms with Crippen molar-refractivity contribution in [3.05, 3.63) is 16.8 Å². The van der Waals surface area contributed by atoms with Crippen molar-refractivity contribution < 1.29 is 8.42 Å². The molecule has 0 bridgehead atoms. The highest BCUT2D eigenvalue weighted by atomic mass is 32.2. The highest BCUT2D eigenvalue weighted by Crippen LogP contribution is 2.28. The first kappa shape index (κ1) is 15.5. The highest BCUT2D eigenvalue weighted by Gasteiger charge is 2.33. The van der Waals surface area contributed by atoms with Gasteiger partial charge < -0.3 is 4.90 Å². The summed E-state index contributed by atoms with van der Waals surface area (Å²) in [5.41, 5.74) is 0. The molecule has 21 heavy (non-hydrogen) atoms. The van der Waals surface area contributed by atoms with Crippen molar-refractivity contribution in [3.8, 4) is 0 Å². The second-order valence-corrected chi connectivity index (χ2v) is 8.73. The van der Waals surface area contributed by atoms with Crippen LogP contribution in [-0.4, -0.2) is 49.8 Å². The second-order valence-electron chi connectivity index (χ2n) is 6.06. The van der Waals surface area contributed by atoms with Crippen molar-refractivity contribution in [2.45, 2.75) is 49.5 Å². The van der Waals surface area contributed by atoms with E-state index < -0.39 is 10.0 Å². The Kier molecular flexibility index (Phi) is 4.99. The number of sulfonamides is 1. The average molecular weight is 329 g/mol. The summed E-state index contributed by atoms with van der Waals surface area (Å²) >= 11 is 1.45. The molecule has 3 heterocycles. The molecule has 2 aliphatic heterocycles. The lowest BCUT2D eigenvalue weighted by Crippen LogP contribution is -2.44. The lowest BCUT2D eigenvalue weighted by Gasteiger charge is -2.35. The summed E-state index contributed by atoms with van der Waals surface area (Å²) in [7, 11) is -3.29. The normalized spacial score (nSPS) is 25.4. The third kappa shape index (κ3) is 3.50. The third-order valence-corrected chi connectivity index (χ3v) is 7.43. The molecule has 0 N–H and O–H groups in total. The van der Waals surface area contributed by atoms with Gasteiger partial charge in [-0.15, -0.1) is 0 Å². The van der Waals surface area contributed by atoms with Gasteiger partial charge in [-0.2, -0.15) is 15.6 Å². The van der Waals surface area contributed by atoms with Gasteiger partial charge in [-0.05, 0) is 63.2 Å². The highest BCUT2D eigenvalue weighted by molar-refractivity contribution is 7.89. The molecule has 3 rings (SSSR count). The van der Waals surface area contributed by atoms with E-state index in [1.165, 1.54) is 37.3 Å². The fourth-order valence-electron chi connectivity index (χ4n) is 3.45. The van der Waals surface area contributed by atoms with Crippen molar-refractivity contribution in [1.29, 1.82) is 0 Å². The molecule has 2 aliphatic rings. The van der Waals surface area contributed by atoms with E-state index in [4.69, 9.17) is 0 Å². The summed E-state index contributed by atoms with van der Waals surface area (Å²) in [4.78, 5) is 2.95. The number of thiophene rings is 1. The molecule has 2 saturated heterocycles. The van der Waals surface area contributed by atoms with Gasteiger partial charge in [-0.25, -0.2) is 8.42 Å². The van der Waals surface area contributed by atoms with Crippen LogP contribution in [-0.2, 0) is 10.0 Å². The Morgan fingerprint density at radius 2 is 1.90 bits per heavy atom. The minimum atomic E-state index is -3.29. The van der Waals surface area contributed by atoms with Crippen molar-refractivity contribution in [2.75, 3.05) is 26.2 Å². The Bertz CT molecular complexity index is 536. The van der Waals surface area contributed by atoms with E-state index in [1.807, 2.05) is 5.38 Å². The van der Waals surface area contributed by atoms with Crippen LogP contribution in [0.25, 0.3) is 0 Å². The Morgan fingerprint density at radius 1 is 1.14 bits per heavy atom. The molecule has 2 fully saturated rings. The fraction of sp³-hybridized carbons (Fsp3) is 0.733. The first-order chi connectivity index (χ1) is 10.2. The lowest BCUT2D eigenvalue weighted by atomic mass is 10.0. The summed E-state index contributed by atoms with van der Waals surface area (Å²) in [6.45, 7) is 4.09. The topological polar surface area (TPSA) is 40.6 Å². The van der Waals surface area contributed by atoms with Gasteiger partial charge >= 0.3 is 0 Å². The van der Waals surface area contributed by atoms with Gasteiger partial charge in [-0.1, -0.05) is 6.42 Å². The number of likely N-dealkylation sites (tertiary alicyclic amines) is 1. The molecule has 0 spiro atoms. The van der Waals surface area contributed by atoms with Crippen LogP contribution in [0.1, 0.15) is 38.5 Å². The van der Waals surface area contributed by atoms with Gasteiger partial charge in [0.25, 0.3) is 0 Å². The summed E-state index contributed by atoms with van der Waals surface area (Å²) < 4.78 is 27.3. The summed E-state index contributed by atoms with van der Waals surface area (Å²) in [6.07, 6.45) is 6.72. The first-order valence-electron chi connectivity index (χ1n) is 7.94. The van der Waals surface area contributed by atoms with Crippen LogP contribution in [0, 0.1) is 0 Å². The van der Waals surface area contributed by atoms with Gasteiger partial charge in [0.15, 0.2) is 0 Å². The van der Waals surface area contributed by atoms with E-state index in [0.29, 0.717) is 11.4 Å². The summed E-state index contributed by atoms with van der Waals surface area (Å²) in [5.74, 6) is 0. The zero-order valence-electron chi connectivity index (χ0n) is 12.4. The second kappa shape index (κ2) is 6.77. The van der Waals surface area contributed by atoms with E-state index in [-0.39, 0.29) is 6.04 Å². The molecule has 1 aromatic heterocycles. The van der Waals surface area contributed by atoms with Crippen LogP contribution in [0.3, 0.4) is 0 Å². The number of hydrogen-bond acceptors (Lipinski definition) is 4. The van der Waals surface area contributed by atoms with Gasteiger partial charge in [0.2, 0.25) is 10.0 Å². The molecule has 1 aromatic rings. The zero-order valence-corrected chi connectivity index (χ0v) is 14.0. The Labute approximate surface area is 131 Å². The van der Waals surface area contributed by atoms with Crippen LogP contribution in [0.5, 0.6) is 0 Å². The van der Waals surface area contributed by atoms with Gasteiger partial charge in [0.05, 0.1) is 4.90 Å². The van der Waals surface area contributed by atoms with Crippen molar-refractivity contribution >= 4 is 21.4 Å². The molecule has 0 aromatic carbocycles. The quantitative estimate of drug-likeness (QED) is 0.834. The smallest absolute Gasteiger partial charge is 0.244 e. The monoisotopic (exact) mass is 328 g/mol. The lowest BCUT2D eigenvalue weighted by molar-refractivity contribution is 0.213. The third-order valence-electron chi connectivity index (χ3n) is 4.65. The number of hydrogen-bond donors (Lipinski definition) is 0. The fourth-order valence-corrected chi connectivity index (χ4v) is 6.19. The largest absolute Gasteiger partial charge is 0.303 e. The first-order valence-corrected chi connectivity index (χ1v) is 10.3. The van der Waals surface area contributed by atoms with E-state index in [1.54, 1.807) is 15.8 Å². The van der Waals surface area contributed by atoms with Crippen molar-refractivity contribution in [1.82, 2.24) is 9.21 Å². The van der Waals surface area contributed by atoms with Crippen LogP contribution in [0.4, 0.5) is 0 Å². The van der Waals surface area contributed by atoms with Gasteiger partial charge in [-0.3, -0.25) is 0 Å². The molecule has 0 amide bonds. The molecule has 0 unspecified atom stereocenters. The maximum atomic E-state index is 12.8. The molecule has 0 radical (unpaired) electrons. The van der Waals surface area contributed by atoms with E-state index in [2.05, 4.69) is 4.90 Å². The van der Waals surface area contributed by atoms with Crippen molar-refractivity contribution in [3.63, 3.8) is 0 Å². The minimum Gasteiger partial charge on any atom is -0.303 e. The zero-order chi connectivity index (χ0) is 14.7. The van der Waals surface area contributed by atoms with E-state index >= 15 is 0 Å². The standard InChI is InChI=1S/C15H24N2O2S2/c18-21(19,15-7-12-20-13-15)17-10-2-1-5-14(17)6-11-16-8-3-4-9-16/h7,12-14H,1-6,8-11H2/t14-/m1/s1. The molecule has 0 saturated carbocycles. The Hall–Kier alpha value is -0.430. The van der Waals surface area contributed by atoms with E-state index in [9.17, 15) is 8.42 Å². The number of rotatable bonds is 5. The summed E-state index contributed by atoms with van der Waals surface area (Å²) in [5, 5.41) is 3.59. The molecule has 0 aliphatic carbocycles. The SMILES string of the molecule is O=S(=O)(c1ccsc1)N1CCCC[C@@H]1CCN1CCCC1. The molecular weight excluding hydrogens is 304 g/mol. The number of piperidine rings is 1. The van der Waals surface area contributed by atoms with Crippen LogP contribution >= 0.6 is 11.3 Å². The predicted octanol–water partition coefficient (Wildman–Crippen LogP) is 2.78. The molecule has 4 nitrogen and oxygen atoms in total. The molecular formula is C15H24N2O2S2. The Balaban J connectivity index is 1.69. The average Bonchev–Trinajstić information content (AvgIpc) is 3.18.